The van der Waals surface area contributed by atoms with Crippen LogP contribution in [-0.4, -0.2) is 15.0 Å². The summed E-state index contributed by atoms with van der Waals surface area (Å²) in [5, 5.41) is 3.06. The lowest BCUT2D eigenvalue weighted by molar-refractivity contribution is 0.672. The maximum absolute atomic E-state index is 6.50. The lowest BCUT2D eigenvalue weighted by atomic mass is 10.0. The minimum atomic E-state index is 0.673. The molecule has 0 N–H and O–H groups in total. The monoisotopic (exact) mass is 601 g/mol. The molecule has 9 rings (SSSR count). The van der Waals surface area contributed by atoms with E-state index in [2.05, 4.69) is 103 Å². The third-order valence-electron chi connectivity index (χ3n) is 8.70. The van der Waals surface area contributed by atoms with Crippen LogP contribution in [0.5, 0.6) is 0 Å². The fraction of sp³-hybridized carbons (Fsp3) is 0. The summed E-state index contributed by atoms with van der Waals surface area (Å²) in [6.07, 6.45) is 0. The molecule has 0 atom stereocenters. The smallest absolute Gasteiger partial charge is 0.160 e. The third kappa shape index (κ3) is 4.84. The van der Waals surface area contributed by atoms with Gasteiger partial charge in [-0.1, -0.05) is 140 Å². The van der Waals surface area contributed by atoms with Crippen molar-refractivity contribution in [1.82, 2.24) is 15.0 Å². The van der Waals surface area contributed by atoms with Crippen molar-refractivity contribution in [2.45, 2.75) is 0 Å². The van der Waals surface area contributed by atoms with Gasteiger partial charge in [0.05, 0.1) is 28.0 Å². The second-order valence-electron chi connectivity index (χ2n) is 11.6. The molecule has 0 bridgehead atoms. The fourth-order valence-electron chi connectivity index (χ4n) is 6.35. The molecule has 4 nitrogen and oxygen atoms in total. The maximum atomic E-state index is 6.50. The quantitative estimate of drug-likeness (QED) is 0.197. The Bertz CT molecular complexity index is 2540. The van der Waals surface area contributed by atoms with Gasteiger partial charge >= 0.3 is 0 Å². The van der Waals surface area contributed by atoms with Crippen molar-refractivity contribution < 1.29 is 4.42 Å². The normalized spacial score (nSPS) is 11.4. The fourth-order valence-corrected chi connectivity index (χ4v) is 6.35. The first-order chi connectivity index (χ1) is 23.3. The van der Waals surface area contributed by atoms with Crippen LogP contribution < -0.4 is 0 Å². The van der Waals surface area contributed by atoms with E-state index in [1.807, 2.05) is 60.7 Å². The molecule has 0 fully saturated rings. The molecule has 0 aliphatic carbocycles. The van der Waals surface area contributed by atoms with Gasteiger partial charge in [0.1, 0.15) is 11.2 Å². The van der Waals surface area contributed by atoms with E-state index < -0.39 is 0 Å². The lowest BCUT2D eigenvalue weighted by Crippen LogP contribution is -1.96. The highest BCUT2D eigenvalue weighted by Gasteiger charge is 2.19. The van der Waals surface area contributed by atoms with Crippen molar-refractivity contribution in [2.75, 3.05) is 0 Å². The minimum absolute atomic E-state index is 0.673. The molecule has 3 heterocycles. The van der Waals surface area contributed by atoms with Gasteiger partial charge < -0.3 is 4.42 Å². The summed E-state index contributed by atoms with van der Waals surface area (Å²) in [4.78, 5) is 15.4. The predicted octanol–water partition coefficient (Wildman–Crippen LogP) is 11.3. The second-order valence-corrected chi connectivity index (χ2v) is 11.6. The Morgan fingerprint density at radius 3 is 1.66 bits per heavy atom. The van der Waals surface area contributed by atoms with Crippen LogP contribution >= 0.6 is 0 Å². The van der Waals surface area contributed by atoms with Crippen molar-refractivity contribution in [3.05, 3.63) is 164 Å². The van der Waals surface area contributed by atoms with E-state index >= 15 is 0 Å². The molecule has 6 aromatic carbocycles. The molecule has 0 aliphatic rings. The van der Waals surface area contributed by atoms with Crippen molar-refractivity contribution >= 4 is 32.8 Å². The standard InChI is InChI=1S/C43H27N3O/c1-4-12-28(13-5-1)29-20-22-32(23-21-29)43-45-36(30-14-6-2-7-15-30)27-37(46-43)33-24-25-34-38(26-33)44-41(31-16-8-3-9-17-31)40-35-18-10-11-19-39(35)47-42(34)40/h1-27H. The average Bonchev–Trinajstić information content (AvgIpc) is 3.55. The first-order valence-electron chi connectivity index (χ1n) is 15.7. The largest absolute Gasteiger partial charge is 0.455 e. The number of rotatable bonds is 5. The van der Waals surface area contributed by atoms with Gasteiger partial charge in [-0.05, 0) is 35.4 Å². The molecule has 9 aromatic rings. The average molecular weight is 602 g/mol. The molecule has 0 unspecified atom stereocenters. The topological polar surface area (TPSA) is 51.8 Å². The lowest BCUT2D eigenvalue weighted by Gasteiger charge is -2.11. The number of furan rings is 1. The van der Waals surface area contributed by atoms with E-state index in [9.17, 15) is 0 Å². The summed E-state index contributed by atoms with van der Waals surface area (Å²) >= 11 is 0. The first kappa shape index (κ1) is 27.0. The Kier molecular flexibility index (Phi) is 6.43. The zero-order chi connectivity index (χ0) is 31.2. The number of fused-ring (bicyclic) bond motifs is 5. The Labute approximate surface area is 271 Å². The number of nitrogens with zero attached hydrogens (tertiary/aromatic N) is 3. The van der Waals surface area contributed by atoms with Gasteiger partial charge in [-0.2, -0.15) is 0 Å². The molecule has 3 aromatic heterocycles. The Morgan fingerprint density at radius 2 is 0.936 bits per heavy atom. The van der Waals surface area contributed by atoms with Gasteiger partial charge in [0.2, 0.25) is 0 Å². The number of hydrogen-bond donors (Lipinski definition) is 0. The first-order valence-corrected chi connectivity index (χ1v) is 15.7. The molecule has 0 aliphatic heterocycles. The molecular formula is C43H27N3O. The highest BCUT2D eigenvalue weighted by atomic mass is 16.3. The zero-order valence-electron chi connectivity index (χ0n) is 25.3. The van der Waals surface area contributed by atoms with Crippen LogP contribution in [0.3, 0.4) is 0 Å². The summed E-state index contributed by atoms with van der Waals surface area (Å²) in [7, 11) is 0. The van der Waals surface area contributed by atoms with Gasteiger partial charge in [-0.15, -0.1) is 0 Å². The third-order valence-corrected chi connectivity index (χ3v) is 8.70. The molecule has 0 saturated heterocycles. The molecule has 220 valence electrons. The summed E-state index contributed by atoms with van der Waals surface area (Å²) < 4.78 is 6.50. The molecule has 0 amide bonds. The number of aromatic nitrogens is 3. The number of benzene rings is 6. The molecule has 4 heteroatoms. The van der Waals surface area contributed by atoms with Crippen LogP contribution in [0.4, 0.5) is 0 Å². The predicted molar refractivity (Wildman–Crippen MR) is 192 cm³/mol. The van der Waals surface area contributed by atoms with E-state index in [1.54, 1.807) is 0 Å². The molecule has 0 spiro atoms. The highest BCUT2D eigenvalue weighted by Crippen LogP contribution is 2.40. The Balaban J connectivity index is 1.23. The van der Waals surface area contributed by atoms with E-state index in [1.165, 1.54) is 5.56 Å². The number of hydrogen-bond acceptors (Lipinski definition) is 4. The highest BCUT2D eigenvalue weighted by molar-refractivity contribution is 6.19. The van der Waals surface area contributed by atoms with Gasteiger partial charge in [0.25, 0.3) is 0 Å². The van der Waals surface area contributed by atoms with Crippen LogP contribution in [0.1, 0.15) is 0 Å². The molecule has 47 heavy (non-hydrogen) atoms. The van der Waals surface area contributed by atoms with E-state index in [0.29, 0.717) is 5.82 Å². The Hall–Kier alpha value is -6.39. The minimum Gasteiger partial charge on any atom is -0.455 e. The van der Waals surface area contributed by atoms with Crippen LogP contribution in [0.25, 0.3) is 89.1 Å². The van der Waals surface area contributed by atoms with Gasteiger partial charge in [0.15, 0.2) is 5.82 Å². The zero-order valence-corrected chi connectivity index (χ0v) is 25.3. The van der Waals surface area contributed by atoms with Crippen molar-refractivity contribution in [1.29, 1.82) is 0 Å². The number of para-hydroxylation sites is 1. The van der Waals surface area contributed by atoms with Gasteiger partial charge in [0, 0.05) is 33.0 Å². The molecular weight excluding hydrogens is 574 g/mol. The van der Waals surface area contributed by atoms with E-state index in [-0.39, 0.29) is 0 Å². The summed E-state index contributed by atoms with van der Waals surface area (Å²) in [5.41, 5.74) is 11.5. The Morgan fingerprint density at radius 1 is 0.383 bits per heavy atom. The van der Waals surface area contributed by atoms with E-state index in [4.69, 9.17) is 19.4 Å². The van der Waals surface area contributed by atoms with Crippen molar-refractivity contribution in [2.24, 2.45) is 0 Å². The van der Waals surface area contributed by atoms with Crippen LogP contribution in [-0.2, 0) is 0 Å². The van der Waals surface area contributed by atoms with Crippen LogP contribution in [0.15, 0.2) is 168 Å². The van der Waals surface area contributed by atoms with Crippen LogP contribution in [0, 0.1) is 0 Å². The summed E-state index contributed by atoms with van der Waals surface area (Å²) in [6, 6.07) is 56.0. The molecule has 0 radical (unpaired) electrons. The SMILES string of the molecule is c1ccc(-c2ccc(-c3nc(-c4ccccc4)cc(-c4ccc5c(c4)nc(-c4ccccc4)c4c6ccccc6oc54)n3)cc2)cc1. The van der Waals surface area contributed by atoms with Gasteiger partial charge in [-0.3, -0.25) is 0 Å². The van der Waals surface area contributed by atoms with Crippen molar-refractivity contribution in [3.8, 4) is 56.3 Å². The second kappa shape index (κ2) is 11.2. The van der Waals surface area contributed by atoms with E-state index in [0.717, 1.165) is 77.7 Å². The van der Waals surface area contributed by atoms with Gasteiger partial charge in [-0.25, -0.2) is 15.0 Å². The molecule has 0 saturated carbocycles. The maximum Gasteiger partial charge on any atom is 0.160 e. The number of pyridine rings is 1. The van der Waals surface area contributed by atoms with Crippen LogP contribution in [0.2, 0.25) is 0 Å². The summed E-state index contributed by atoms with van der Waals surface area (Å²) in [6.45, 7) is 0. The summed E-state index contributed by atoms with van der Waals surface area (Å²) in [5.74, 6) is 0.673. The van der Waals surface area contributed by atoms with Crippen molar-refractivity contribution in [3.63, 3.8) is 0 Å².